The van der Waals surface area contributed by atoms with Gasteiger partial charge in [0.1, 0.15) is 6.04 Å². The minimum Gasteiger partial charge on any atom is -0.312 e. The minimum absolute atomic E-state index is 0.119. The molecule has 4 aliphatic heterocycles. The van der Waals surface area contributed by atoms with Crippen LogP contribution in [0.3, 0.4) is 0 Å². The molecule has 4 atom stereocenters. The van der Waals surface area contributed by atoms with Gasteiger partial charge in [-0.3, -0.25) is 29.4 Å². The smallest absolute Gasteiger partial charge is 0.262 e. The molecule has 3 saturated heterocycles. The van der Waals surface area contributed by atoms with Gasteiger partial charge < -0.3 is 10.6 Å². The Labute approximate surface area is 162 Å². The predicted molar refractivity (Wildman–Crippen MR) is 98.3 cm³/mol. The van der Waals surface area contributed by atoms with Crippen molar-refractivity contribution in [2.24, 2.45) is 5.41 Å². The molecule has 1 saturated carbocycles. The number of nitrogens with one attached hydrogen (secondary N) is 3. The lowest BCUT2D eigenvalue weighted by molar-refractivity contribution is -0.136. The molecule has 5 aliphatic rings. The van der Waals surface area contributed by atoms with E-state index in [1.54, 1.807) is 12.1 Å². The molecule has 4 amide bonds. The second-order valence-electron chi connectivity index (χ2n) is 8.53. The van der Waals surface area contributed by atoms with E-state index in [1.165, 1.54) is 6.42 Å². The number of carbonyl (C=O) groups is 4. The lowest BCUT2D eigenvalue weighted by atomic mass is 9.67. The summed E-state index contributed by atoms with van der Waals surface area (Å²) >= 11 is 0. The third kappa shape index (κ3) is 2.44. The molecular weight excluding hydrogens is 360 g/mol. The van der Waals surface area contributed by atoms with E-state index in [0.717, 1.165) is 17.0 Å². The summed E-state index contributed by atoms with van der Waals surface area (Å²) in [5.41, 5.74) is 1.86. The largest absolute Gasteiger partial charge is 0.312 e. The van der Waals surface area contributed by atoms with Crippen LogP contribution in [0.5, 0.6) is 0 Å². The average molecular weight is 382 g/mol. The number of rotatable bonds is 4. The average Bonchev–Trinajstić information content (AvgIpc) is 3.27. The van der Waals surface area contributed by atoms with Gasteiger partial charge in [0.05, 0.1) is 11.1 Å². The summed E-state index contributed by atoms with van der Waals surface area (Å²) in [5, 5.41) is 9.27. The van der Waals surface area contributed by atoms with E-state index in [4.69, 9.17) is 0 Å². The van der Waals surface area contributed by atoms with Gasteiger partial charge in [0.25, 0.3) is 11.8 Å². The highest BCUT2D eigenvalue weighted by Crippen LogP contribution is 2.46. The molecule has 1 aliphatic carbocycles. The topological polar surface area (TPSA) is 108 Å². The molecule has 8 nitrogen and oxygen atoms in total. The van der Waals surface area contributed by atoms with Crippen LogP contribution in [0, 0.1) is 5.41 Å². The highest BCUT2D eigenvalue weighted by molar-refractivity contribution is 6.23. The third-order valence-corrected chi connectivity index (χ3v) is 6.64. The Hall–Kier alpha value is -2.58. The molecule has 3 N–H and O–H groups in total. The van der Waals surface area contributed by atoms with Crippen LogP contribution in [0.1, 0.15) is 52.5 Å². The van der Waals surface area contributed by atoms with Crippen molar-refractivity contribution in [1.29, 1.82) is 0 Å². The zero-order valence-corrected chi connectivity index (χ0v) is 15.6. The van der Waals surface area contributed by atoms with Gasteiger partial charge in [-0.25, -0.2) is 0 Å². The highest BCUT2D eigenvalue weighted by Gasteiger charge is 2.55. The number of imide groups is 2. The summed E-state index contributed by atoms with van der Waals surface area (Å²) < 4.78 is 0. The molecule has 1 unspecified atom stereocenters. The first-order chi connectivity index (χ1) is 13.4. The Kier molecular flexibility index (Phi) is 3.73. The Morgan fingerprint density at radius 1 is 1.18 bits per heavy atom. The number of carbonyl (C=O) groups excluding carboxylic acids is 4. The van der Waals surface area contributed by atoms with Gasteiger partial charge in [-0.05, 0) is 36.0 Å². The van der Waals surface area contributed by atoms with Gasteiger partial charge in [-0.2, -0.15) is 0 Å². The molecule has 146 valence electrons. The number of hydrogen-bond acceptors (Lipinski definition) is 6. The lowest BCUT2D eigenvalue weighted by Crippen LogP contribution is -2.57. The van der Waals surface area contributed by atoms with Crippen LogP contribution in [0.25, 0.3) is 0 Å². The maximum atomic E-state index is 12.9. The summed E-state index contributed by atoms with van der Waals surface area (Å²) in [6.45, 7) is 3.91. The first-order valence-electron chi connectivity index (χ1n) is 9.69. The first-order valence-corrected chi connectivity index (χ1v) is 9.69. The summed E-state index contributed by atoms with van der Waals surface area (Å²) in [5.74, 6) is -1.90. The third-order valence-electron chi connectivity index (χ3n) is 6.64. The summed E-state index contributed by atoms with van der Waals surface area (Å²) in [6, 6.07) is 5.24. The fourth-order valence-electron chi connectivity index (χ4n) is 5.05. The van der Waals surface area contributed by atoms with Crippen LogP contribution >= 0.6 is 0 Å². The fourth-order valence-corrected chi connectivity index (χ4v) is 5.05. The van der Waals surface area contributed by atoms with Crippen molar-refractivity contribution < 1.29 is 19.2 Å². The molecule has 0 radical (unpaired) electrons. The number of fused-ring (bicyclic) bond motifs is 2. The standard InChI is InChI=1S/C20H22N4O4/c1-20-7-13(22-9-20)16(20)21-8-10-2-3-11-12(6-10)19(28)24(18(11)27)14-4-5-15(25)23-17(14)26/h2-3,6,13-14,16,21-22H,4-5,7-9H2,1H3,(H,23,25,26)/t13-,14?,16-,20-/m0/s1. The number of amides is 4. The molecule has 4 heterocycles. The maximum absolute atomic E-state index is 12.9. The molecule has 0 aromatic heterocycles. The normalized spacial score (nSPS) is 33.8. The van der Waals surface area contributed by atoms with Crippen LogP contribution < -0.4 is 16.0 Å². The Morgan fingerprint density at radius 3 is 2.64 bits per heavy atom. The van der Waals surface area contributed by atoms with Crippen LogP contribution in [0.2, 0.25) is 0 Å². The van der Waals surface area contributed by atoms with E-state index >= 15 is 0 Å². The van der Waals surface area contributed by atoms with Gasteiger partial charge in [0, 0.05) is 31.6 Å². The van der Waals surface area contributed by atoms with Gasteiger partial charge in [0.15, 0.2) is 0 Å². The molecule has 4 fully saturated rings. The minimum atomic E-state index is -0.927. The van der Waals surface area contributed by atoms with Crippen molar-refractivity contribution in [3.8, 4) is 0 Å². The SMILES string of the molecule is C[C@@]12CN[C@@H](C1)[C@@H]2NCc1ccc2c(c1)C(=O)N(C1CCC(=O)NC1=O)C2=O. The van der Waals surface area contributed by atoms with Crippen molar-refractivity contribution in [1.82, 2.24) is 20.9 Å². The molecule has 28 heavy (non-hydrogen) atoms. The maximum Gasteiger partial charge on any atom is 0.262 e. The molecular formula is C20H22N4O4. The molecule has 6 rings (SSSR count). The van der Waals surface area contributed by atoms with Crippen molar-refractivity contribution in [3.63, 3.8) is 0 Å². The quantitative estimate of drug-likeness (QED) is 0.629. The fraction of sp³-hybridized carbons (Fsp3) is 0.500. The second-order valence-corrected chi connectivity index (χ2v) is 8.53. The zero-order chi connectivity index (χ0) is 19.6. The van der Waals surface area contributed by atoms with Crippen molar-refractivity contribution in [2.75, 3.05) is 6.54 Å². The monoisotopic (exact) mass is 382 g/mol. The van der Waals surface area contributed by atoms with Crippen molar-refractivity contribution in [2.45, 2.75) is 50.9 Å². The molecule has 1 aromatic carbocycles. The van der Waals surface area contributed by atoms with Crippen LogP contribution in [0.4, 0.5) is 0 Å². The van der Waals surface area contributed by atoms with E-state index in [1.807, 2.05) is 6.07 Å². The lowest BCUT2D eigenvalue weighted by Gasteiger charge is -2.44. The van der Waals surface area contributed by atoms with E-state index in [2.05, 4.69) is 22.9 Å². The summed E-state index contributed by atoms with van der Waals surface area (Å²) in [4.78, 5) is 50.1. The van der Waals surface area contributed by atoms with Crippen LogP contribution in [0.15, 0.2) is 18.2 Å². The van der Waals surface area contributed by atoms with Crippen molar-refractivity contribution >= 4 is 23.6 Å². The van der Waals surface area contributed by atoms with E-state index in [0.29, 0.717) is 29.8 Å². The number of piperidine rings is 1. The number of benzene rings is 1. The number of nitrogens with zero attached hydrogens (tertiary/aromatic N) is 1. The van der Waals surface area contributed by atoms with E-state index < -0.39 is 23.8 Å². The van der Waals surface area contributed by atoms with Gasteiger partial charge in [-0.15, -0.1) is 0 Å². The van der Waals surface area contributed by atoms with E-state index in [-0.39, 0.29) is 24.2 Å². The van der Waals surface area contributed by atoms with Gasteiger partial charge in [-0.1, -0.05) is 13.0 Å². The van der Waals surface area contributed by atoms with Gasteiger partial charge in [0.2, 0.25) is 11.8 Å². The van der Waals surface area contributed by atoms with E-state index in [9.17, 15) is 19.2 Å². The highest BCUT2D eigenvalue weighted by atomic mass is 16.2. The first kappa shape index (κ1) is 17.5. The second kappa shape index (κ2) is 5.96. The van der Waals surface area contributed by atoms with Crippen LogP contribution in [-0.4, -0.2) is 53.2 Å². The van der Waals surface area contributed by atoms with Crippen LogP contribution in [-0.2, 0) is 16.1 Å². The predicted octanol–water partition coefficient (Wildman–Crippen LogP) is -0.0722. The zero-order valence-electron chi connectivity index (χ0n) is 15.6. The Bertz CT molecular complexity index is 925. The van der Waals surface area contributed by atoms with Gasteiger partial charge >= 0.3 is 0 Å². The molecule has 2 bridgehead atoms. The Morgan fingerprint density at radius 2 is 1.96 bits per heavy atom. The Balaban J connectivity index is 1.33. The number of hydrogen-bond donors (Lipinski definition) is 3. The molecule has 1 aromatic rings. The summed E-state index contributed by atoms with van der Waals surface area (Å²) in [6.07, 6.45) is 1.47. The molecule has 0 spiro atoms. The molecule has 8 heteroatoms. The van der Waals surface area contributed by atoms with Crippen molar-refractivity contribution in [3.05, 3.63) is 34.9 Å². The summed E-state index contributed by atoms with van der Waals surface area (Å²) in [7, 11) is 0.